The highest BCUT2D eigenvalue weighted by atomic mass is 16.3. The van der Waals surface area contributed by atoms with Gasteiger partial charge in [-0.05, 0) is 33.2 Å². The molecule has 0 saturated heterocycles. The number of likely N-dealkylation sites (N-methyl/N-ethyl adjacent to an activating group) is 1. The summed E-state index contributed by atoms with van der Waals surface area (Å²) in [5, 5.41) is 17.5. The minimum Gasteiger partial charge on any atom is -0.387 e. The van der Waals surface area contributed by atoms with E-state index in [9.17, 15) is 5.11 Å². The maximum atomic E-state index is 10.4. The van der Waals surface area contributed by atoms with E-state index in [1.54, 1.807) is 7.05 Å². The first kappa shape index (κ1) is 15.5. The van der Waals surface area contributed by atoms with Crippen LogP contribution in [0.25, 0.3) is 10.9 Å². The van der Waals surface area contributed by atoms with Gasteiger partial charge in [-0.2, -0.15) is 4.98 Å². The fourth-order valence-electron chi connectivity index (χ4n) is 2.33. The second-order valence-corrected chi connectivity index (χ2v) is 5.75. The van der Waals surface area contributed by atoms with Gasteiger partial charge in [0, 0.05) is 25.5 Å². The lowest BCUT2D eigenvalue weighted by molar-refractivity contribution is 0.0459. The number of nitrogens with zero attached hydrogens (tertiary/aromatic N) is 3. The number of rotatable bonds is 6. The van der Waals surface area contributed by atoms with Gasteiger partial charge in [0.1, 0.15) is 5.82 Å². The normalized spacial score (nSPS) is 14.2. The first-order chi connectivity index (χ1) is 9.91. The molecule has 1 aromatic carbocycles. The van der Waals surface area contributed by atoms with E-state index < -0.39 is 5.60 Å². The summed E-state index contributed by atoms with van der Waals surface area (Å²) in [5.74, 6) is 1.28. The molecule has 0 aliphatic rings. The molecule has 0 saturated carbocycles. The number of nitrogens with one attached hydrogen (secondary N) is 2. The van der Waals surface area contributed by atoms with Crippen molar-refractivity contribution in [3.8, 4) is 0 Å². The second-order valence-electron chi connectivity index (χ2n) is 5.75. The lowest BCUT2D eigenvalue weighted by Gasteiger charge is -2.27. The van der Waals surface area contributed by atoms with Gasteiger partial charge in [-0.3, -0.25) is 0 Å². The molecule has 0 radical (unpaired) electrons. The highest BCUT2D eigenvalue weighted by Gasteiger charge is 2.21. The van der Waals surface area contributed by atoms with Crippen LogP contribution in [0.5, 0.6) is 0 Å². The Balaban J connectivity index is 2.25. The summed E-state index contributed by atoms with van der Waals surface area (Å²) in [6.45, 7) is 2.79. The van der Waals surface area contributed by atoms with Crippen LogP contribution in [0.4, 0.5) is 11.8 Å². The maximum absolute atomic E-state index is 10.4. The molecule has 1 heterocycles. The Morgan fingerprint density at radius 1 is 1.24 bits per heavy atom. The van der Waals surface area contributed by atoms with E-state index in [-0.39, 0.29) is 0 Å². The van der Waals surface area contributed by atoms with Gasteiger partial charge in [-0.1, -0.05) is 12.1 Å². The lowest BCUT2D eigenvalue weighted by atomic mass is 10.1. The molecule has 1 unspecified atom stereocenters. The molecular formula is C15H23N5O. The molecule has 0 bridgehead atoms. The van der Waals surface area contributed by atoms with Crippen LogP contribution in [-0.4, -0.2) is 59.8 Å². The van der Waals surface area contributed by atoms with Crippen LogP contribution in [0.15, 0.2) is 24.3 Å². The average Bonchev–Trinajstić information content (AvgIpc) is 2.43. The van der Waals surface area contributed by atoms with Gasteiger partial charge in [0.15, 0.2) is 0 Å². The van der Waals surface area contributed by atoms with Crippen LogP contribution in [0, 0.1) is 0 Å². The Hall–Kier alpha value is -1.92. The third kappa shape index (κ3) is 4.03. The zero-order valence-corrected chi connectivity index (χ0v) is 13.0. The molecule has 0 aliphatic heterocycles. The minimum absolute atomic E-state index is 0.412. The van der Waals surface area contributed by atoms with Crippen molar-refractivity contribution in [1.29, 1.82) is 0 Å². The lowest BCUT2D eigenvalue weighted by Crippen LogP contribution is -2.43. The highest BCUT2D eigenvalue weighted by molar-refractivity contribution is 5.90. The van der Waals surface area contributed by atoms with Crippen LogP contribution in [-0.2, 0) is 0 Å². The van der Waals surface area contributed by atoms with E-state index >= 15 is 0 Å². The van der Waals surface area contributed by atoms with Crippen molar-refractivity contribution in [2.45, 2.75) is 12.5 Å². The number of anilines is 2. The van der Waals surface area contributed by atoms with Crippen LogP contribution in [0.1, 0.15) is 6.92 Å². The topological polar surface area (TPSA) is 73.3 Å². The third-order valence-corrected chi connectivity index (χ3v) is 3.12. The van der Waals surface area contributed by atoms with Crippen LogP contribution < -0.4 is 10.6 Å². The highest BCUT2D eigenvalue weighted by Crippen LogP contribution is 2.22. The van der Waals surface area contributed by atoms with Crippen molar-refractivity contribution in [1.82, 2.24) is 14.9 Å². The van der Waals surface area contributed by atoms with Gasteiger partial charge < -0.3 is 20.6 Å². The van der Waals surface area contributed by atoms with Gasteiger partial charge in [0.05, 0.1) is 11.1 Å². The molecule has 6 nitrogen and oxygen atoms in total. The molecule has 3 N–H and O–H groups in total. The number of hydrogen-bond donors (Lipinski definition) is 3. The molecule has 21 heavy (non-hydrogen) atoms. The minimum atomic E-state index is -0.838. The zero-order valence-electron chi connectivity index (χ0n) is 13.0. The van der Waals surface area contributed by atoms with Gasteiger partial charge in [-0.15, -0.1) is 0 Å². The first-order valence-corrected chi connectivity index (χ1v) is 6.97. The van der Waals surface area contributed by atoms with Crippen molar-refractivity contribution in [3.05, 3.63) is 24.3 Å². The Morgan fingerprint density at radius 3 is 2.62 bits per heavy atom. The molecule has 0 aliphatic carbocycles. The Kier molecular flexibility index (Phi) is 4.59. The molecule has 0 amide bonds. The number of para-hydroxylation sites is 1. The summed E-state index contributed by atoms with van der Waals surface area (Å²) in [5.41, 5.74) is 0.0293. The Morgan fingerprint density at radius 2 is 1.95 bits per heavy atom. The smallest absolute Gasteiger partial charge is 0.224 e. The number of aliphatic hydroxyl groups is 1. The predicted octanol–water partition coefficient (Wildman–Crippen LogP) is 1.40. The Bertz CT molecular complexity index is 612. The van der Waals surface area contributed by atoms with Crippen molar-refractivity contribution < 1.29 is 5.11 Å². The molecule has 114 valence electrons. The standard InChI is InChI=1S/C15H23N5O/c1-15(21,10-20(3)4)9-17-13-11-7-5-6-8-12(11)18-14(16-2)19-13/h5-8,21H,9-10H2,1-4H3,(H2,16,17,18,19). The third-order valence-electron chi connectivity index (χ3n) is 3.12. The van der Waals surface area contributed by atoms with E-state index in [2.05, 4.69) is 20.6 Å². The van der Waals surface area contributed by atoms with Crippen molar-refractivity contribution >= 4 is 22.7 Å². The summed E-state index contributed by atoms with van der Waals surface area (Å²) >= 11 is 0. The average molecular weight is 289 g/mol. The van der Waals surface area contributed by atoms with Crippen molar-refractivity contribution in [3.63, 3.8) is 0 Å². The quantitative estimate of drug-likeness (QED) is 0.746. The number of aromatic nitrogens is 2. The van der Waals surface area contributed by atoms with Crippen LogP contribution in [0.3, 0.4) is 0 Å². The number of benzene rings is 1. The van der Waals surface area contributed by atoms with Gasteiger partial charge in [0.2, 0.25) is 5.95 Å². The molecule has 1 aromatic heterocycles. The summed E-state index contributed by atoms with van der Waals surface area (Å²) in [6, 6.07) is 7.81. The zero-order chi connectivity index (χ0) is 15.5. The summed E-state index contributed by atoms with van der Waals surface area (Å²) < 4.78 is 0. The predicted molar refractivity (Wildman–Crippen MR) is 86.8 cm³/mol. The largest absolute Gasteiger partial charge is 0.387 e. The van der Waals surface area contributed by atoms with E-state index in [0.29, 0.717) is 19.0 Å². The van der Waals surface area contributed by atoms with Gasteiger partial charge >= 0.3 is 0 Å². The molecule has 2 aromatic rings. The Labute approximate surface area is 125 Å². The van der Waals surface area contributed by atoms with E-state index in [0.717, 1.165) is 16.7 Å². The first-order valence-electron chi connectivity index (χ1n) is 6.97. The molecule has 2 rings (SSSR count). The monoisotopic (exact) mass is 289 g/mol. The fraction of sp³-hybridized carbons (Fsp3) is 0.467. The van der Waals surface area contributed by atoms with E-state index in [1.165, 1.54) is 0 Å². The molecule has 0 spiro atoms. The van der Waals surface area contributed by atoms with E-state index in [4.69, 9.17) is 0 Å². The molecule has 1 atom stereocenters. The van der Waals surface area contributed by atoms with Crippen molar-refractivity contribution in [2.75, 3.05) is 44.9 Å². The fourth-order valence-corrected chi connectivity index (χ4v) is 2.33. The van der Waals surface area contributed by atoms with Crippen molar-refractivity contribution in [2.24, 2.45) is 0 Å². The second kappa shape index (κ2) is 6.24. The molecular weight excluding hydrogens is 266 g/mol. The summed E-state index contributed by atoms with van der Waals surface area (Å²) in [4.78, 5) is 10.8. The van der Waals surface area contributed by atoms with Gasteiger partial charge in [0.25, 0.3) is 0 Å². The van der Waals surface area contributed by atoms with Crippen LogP contribution in [0.2, 0.25) is 0 Å². The molecule has 6 heteroatoms. The van der Waals surface area contributed by atoms with E-state index in [1.807, 2.05) is 50.2 Å². The maximum Gasteiger partial charge on any atom is 0.224 e. The number of hydrogen-bond acceptors (Lipinski definition) is 6. The summed E-state index contributed by atoms with van der Waals surface area (Å²) in [7, 11) is 5.66. The van der Waals surface area contributed by atoms with Gasteiger partial charge in [-0.25, -0.2) is 4.98 Å². The SMILES string of the molecule is CNc1nc(NCC(C)(O)CN(C)C)c2ccccc2n1. The van der Waals surface area contributed by atoms with Crippen LogP contribution >= 0.6 is 0 Å². The number of fused-ring (bicyclic) bond motifs is 1. The summed E-state index contributed by atoms with van der Waals surface area (Å²) in [6.07, 6.45) is 0. The molecule has 0 fully saturated rings.